The molecule has 3 aromatic rings. The van der Waals surface area contributed by atoms with Gasteiger partial charge in [0, 0.05) is 45.2 Å². The lowest BCUT2D eigenvalue weighted by atomic mass is 10.0. The first-order valence-corrected chi connectivity index (χ1v) is 10.8. The second-order valence-electron chi connectivity index (χ2n) is 8.13. The van der Waals surface area contributed by atoms with Crippen LogP contribution in [-0.4, -0.2) is 39.3 Å². The fraction of sp³-hybridized carbons (Fsp3) is 0.375. The minimum absolute atomic E-state index is 0.0187. The summed E-state index contributed by atoms with van der Waals surface area (Å²) in [7, 11) is 1.98. The summed E-state index contributed by atoms with van der Waals surface area (Å²) in [5, 5.41) is 7.70. The number of nitrogens with zero attached hydrogens (tertiary/aromatic N) is 4. The van der Waals surface area contributed by atoms with E-state index in [-0.39, 0.29) is 17.7 Å². The van der Waals surface area contributed by atoms with Crippen LogP contribution >= 0.6 is 0 Å². The van der Waals surface area contributed by atoms with Crippen molar-refractivity contribution in [3.8, 4) is 11.4 Å². The molecule has 1 atom stereocenters. The van der Waals surface area contributed by atoms with Crippen LogP contribution in [0.25, 0.3) is 11.4 Å². The van der Waals surface area contributed by atoms with Crippen molar-refractivity contribution in [1.82, 2.24) is 19.7 Å². The fourth-order valence-corrected chi connectivity index (χ4v) is 4.00. The SMILES string of the molecule is CC(CNC(=O)CCCN1C(=O)CCn2nc(-c3cccn3C)cc21)c1ccccc1. The lowest BCUT2D eigenvalue weighted by Crippen LogP contribution is -2.38. The Morgan fingerprint density at radius 1 is 1.19 bits per heavy atom. The van der Waals surface area contributed by atoms with E-state index in [2.05, 4.69) is 29.5 Å². The standard InChI is InChI=1S/C24H29N5O2/c1-18(19-8-4-3-5-9-19)17-25-22(30)11-7-14-28-23-16-20(21-10-6-13-27(21)2)26-29(23)15-12-24(28)31/h3-6,8-10,13,16,18H,7,11-12,14-15,17H2,1-2H3,(H,25,30). The zero-order valence-electron chi connectivity index (χ0n) is 18.1. The Hall–Kier alpha value is -3.35. The maximum absolute atomic E-state index is 12.5. The molecule has 2 aromatic heterocycles. The van der Waals surface area contributed by atoms with E-state index in [1.165, 1.54) is 5.56 Å². The maximum atomic E-state index is 12.5. The highest BCUT2D eigenvalue weighted by atomic mass is 16.2. The van der Waals surface area contributed by atoms with Crippen molar-refractivity contribution in [2.24, 2.45) is 7.05 Å². The molecule has 7 heteroatoms. The van der Waals surface area contributed by atoms with Crippen LogP contribution in [0.15, 0.2) is 54.7 Å². The summed E-state index contributed by atoms with van der Waals surface area (Å²) >= 11 is 0. The molecule has 0 fully saturated rings. The van der Waals surface area contributed by atoms with Gasteiger partial charge in [-0.1, -0.05) is 37.3 Å². The predicted molar refractivity (Wildman–Crippen MR) is 121 cm³/mol. The third-order valence-electron chi connectivity index (χ3n) is 5.84. The predicted octanol–water partition coefficient (Wildman–Crippen LogP) is 3.33. The largest absolute Gasteiger partial charge is 0.356 e. The highest BCUT2D eigenvalue weighted by molar-refractivity contribution is 5.94. The van der Waals surface area contributed by atoms with E-state index in [1.54, 1.807) is 4.90 Å². The fourth-order valence-electron chi connectivity index (χ4n) is 4.00. The van der Waals surface area contributed by atoms with Gasteiger partial charge in [0.2, 0.25) is 11.8 Å². The van der Waals surface area contributed by atoms with Crippen LogP contribution in [0.4, 0.5) is 5.82 Å². The molecule has 3 heterocycles. The number of hydrogen-bond donors (Lipinski definition) is 1. The van der Waals surface area contributed by atoms with Crippen LogP contribution < -0.4 is 10.2 Å². The van der Waals surface area contributed by atoms with Gasteiger partial charge in [0.1, 0.15) is 11.5 Å². The highest BCUT2D eigenvalue weighted by Gasteiger charge is 2.26. The molecule has 162 valence electrons. The molecule has 0 saturated heterocycles. The Morgan fingerprint density at radius 2 is 2.00 bits per heavy atom. The van der Waals surface area contributed by atoms with Gasteiger partial charge in [-0.05, 0) is 30.0 Å². The van der Waals surface area contributed by atoms with Gasteiger partial charge in [0.15, 0.2) is 0 Å². The number of carbonyl (C=O) groups is 2. The van der Waals surface area contributed by atoms with Crippen molar-refractivity contribution in [2.45, 2.75) is 38.6 Å². The summed E-state index contributed by atoms with van der Waals surface area (Å²) in [4.78, 5) is 26.6. The number of benzene rings is 1. The number of fused-ring (bicyclic) bond motifs is 1. The molecular weight excluding hydrogens is 390 g/mol. The summed E-state index contributed by atoms with van der Waals surface area (Å²) in [5.41, 5.74) is 3.08. The molecule has 1 aromatic carbocycles. The first-order valence-electron chi connectivity index (χ1n) is 10.8. The van der Waals surface area contributed by atoms with E-state index in [1.807, 2.05) is 58.9 Å². The van der Waals surface area contributed by atoms with Crippen molar-refractivity contribution in [1.29, 1.82) is 0 Å². The average molecular weight is 420 g/mol. The van der Waals surface area contributed by atoms with E-state index in [9.17, 15) is 9.59 Å². The van der Waals surface area contributed by atoms with Crippen molar-refractivity contribution >= 4 is 17.6 Å². The minimum Gasteiger partial charge on any atom is -0.356 e. The van der Waals surface area contributed by atoms with Gasteiger partial charge < -0.3 is 9.88 Å². The Balaban J connectivity index is 1.32. The van der Waals surface area contributed by atoms with E-state index in [4.69, 9.17) is 0 Å². The van der Waals surface area contributed by atoms with E-state index in [0.717, 1.165) is 17.2 Å². The minimum atomic E-state index is 0.0187. The molecule has 1 unspecified atom stereocenters. The molecule has 1 N–H and O–H groups in total. The van der Waals surface area contributed by atoms with Gasteiger partial charge in [0.25, 0.3) is 0 Å². The molecule has 1 aliphatic rings. The number of hydrogen-bond acceptors (Lipinski definition) is 3. The third kappa shape index (κ3) is 4.71. The van der Waals surface area contributed by atoms with Gasteiger partial charge in [-0.3, -0.25) is 14.5 Å². The molecule has 7 nitrogen and oxygen atoms in total. The van der Waals surface area contributed by atoms with Crippen molar-refractivity contribution in [2.75, 3.05) is 18.0 Å². The molecule has 4 rings (SSSR count). The zero-order valence-corrected chi connectivity index (χ0v) is 18.1. The second-order valence-corrected chi connectivity index (χ2v) is 8.13. The molecule has 0 spiro atoms. The number of rotatable bonds is 8. The number of carbonyl (C=O) groups excluding carboxylic acids is 2. The Kier molecular flexibility index (Phi) is 6.21. The number of aryl methyl sites for hydroxylation is 2. The van der Waals surface area contributed by atoms with Crippen LogP contribution in [0.1, 0.15) is 37.7 Å². The van der Waals surface area contributed by atoms with Crippen LogP contribution in [0.3, 0.4) is 0 Å². The lowest BCUT2D eigenvalue weighted by Gasteiger charge is -2.27. The van der Waals surface area contributed by atoms with Gasteiger partial charge in [-0.2, -0.15) is 5.10 Å². The molecule has 2 amide bonds. The Labute approximate surface area is 182 Å². The quantitative estimate of drug-likeness (QED) is 0.609. The van der Waals surface area contributed by atoms with E-state index < -0.39 is 0 Å². The molecule has 0 bridgehead atoms. The molecular formula is C24H29N5O2. The maximum Gasteiger partial charge on any atom is 0.229 e. The first-order chi connectivity index (χ1) is 15.0. The third-order valence-corrected chi connectivity index (χ3v) is 5.84. The summed E-state index contributed by atoms with van der Waals surface area (Å²) < 4.78 is 3.91. The van der Waals surface area contributed by atoms with Gasteiger partial charge >= 0.3 is 0 Å². The normalized spacial score (nSPS) is 14.4. The topological polar surface area (TPSA) is 72.2 Å². The van der Waals surface area contributed by atoms with Crippen molar-refractivity contribution < 1.29 is 9.59 Å². The first kappa shape index (κ1) is 20.9. The van der Waals surface area contributed by atoms with Crippen LogP contribution in [0, 0.1) is 0 Å². The van der Waals surface area contributed by atoms with Gasteiger partial charge in [-0.15, -0.1) is 0 Å². The second kappa shape index (κ2) is 9.20. The van der Waals surface area contributed by atoms with Crippen LogP contribution in [0.2, 0.25) is 0 Å². The summed E-state index contributed by atoms with van der Waals surface area (Å²) in [6.45, 7) is 3.82. The number of amides is 2. The van der Waals surface area contributed by atoms with Crippen LogP contribution in [-0.2, 0) is 23.2 Å². The van der Waals surface area contributed by atoms with Crippen molar-refractivity contribution in [3.63, 3.8) is 0 Å². The van der Waals surface area contributed by atoms with Crippen molar-refractivity contribution in [3.05, 3.63) is 60.3 Å². The molecule has 0 radical (unpaired) electrons. The monoisotopic (exact) mass is 419 g/mol. The lowest BCUT2D eigenvalue weighted by molar-refractivity contribution is -0.122. The Morgan fingerprint density at radius 3 is 2.74 bits per heavy atom. The number of nitrogens with one attached hydrogen (secondary N) is 1. The smallest absolute Gasteiger partial charge is 0.229 e. The Bertz CT molecular complexity index is 1050. The molecule has 0 aliphatic carbocycles. The van der Waals surface area contributed by atoms with Crippen LogP contribution in [0.5, 0.6) is 0 Å². The molecule has 31 heavy (non-hydrogen) atoms. The number of aromatic nitrogens is 3. The summed E-state index contributed by atoms with van der Waals surface area (Å²) in [6, 6.07) is 16.1. The van der Waals surface area contributed by atoms with Gasteiger partial charge in [-0.25, -0.2) is 4.68 Å². The summed E-state index contributed by atoms with van der Waals surface area (Å²) in [6.07, 6.45) is 3.42. The summed E-state index contributed by atoms with van der Waals surface area (Å²) in [5.74, 6) is 1.18. The zero-order chi connectivity index (χ0) is 21.8. The molecule has 0 saturated carbocycles. The van der Waals surface area contributed by atoms with E-state index >= 15 is 0 Å². The highest BCUT2D eigenvalue weighted by Crippen LogP contribution is 2.28. The average Bonchev–Trinajstić information content (AvgIpc) is 3.40. The van der Waals surface area contributed by atoms with E-state index in [0.29, 0.717) is 38.9 Å². The van der Waals surface area contributed by atoms with Gasteiger partial charge in [0.05, 0.1) is 12.2 Å². The number of anilines is 1. The molecule has 1 aliphatic heterocycles.